The molecule has 0 saturated heterocycles. The van der Waals surface area contributed by atoms with Crippen molar-refractivity contribution in [1.82, 2.24) is 0 Å². The van der Waals surface area contributed by atoms with Crippen molar-refractivity contribution in [2.45, 2.75) is 200 Å². The van der Waals surface area contributed by atoms with Crippen molar-refractivity contribution in [3.05, 3.63) is 12.2 Å². The summed E-state index contributed by atoms with van der Waals surface area (Å²) in [4.78, 5) is 35.3. The Kier molecular flexibility index (Phi) is 34.6. The van der Waals surface area contributed by atoms with Crippen LogP contribution in [0.5, 0.6) is 0 Å². The first-order valence-electron chi connectivity index (χ1n) is 21.4. The fourth-order valence-corrected chi connectivity index (χ4v) is 6.63. The molecule has 0 bridgehead atoms. The van der Waals surface area contributed by atoms with Crippen molar-refractivity contribution in [2.24, 2.45) is 0 Å². The van der Waals surface area contributed by atoms with E-state index in [4.69, 9.17) is 18.5 Å². The highest BCUT2D eigenvalue weighted by Gasteiger charge is 2.27. The Bertz CT molecular complexity index is 907. The standard InChI is InChI=1S/C42H82NO8P/c1-6-8-10-12-14-16-18-20-21-23-25-27-29-31-33-35-42(45)51-40(39-50-52(46,47)49-37-36-43(3,4)5)38-48-41(44)34-32-30-28-26-24-22-19-17-15-13-11-9-7-2/h20-21,40H,6-19,22-39H2,1-5H3/p+1/t40-/m0/s1. The van der Waals surface area contributed by atoms with Crippen LogP contribution in [0.25, 0.3) is 0 Å². The average Bonchev–Trinajstić information content (AvgIpc) is 3.09. The van der Waals surface area contributed by atoms with Crippen molar-refractivity contribution >= 4 is 19.8 Å². The zero-order valence-electron chi connectivity index (χ0n) is 34.6. The fourth-order valence-electron chi connectivity index (χ4n) is 5.89. The van der Waals surface area contributed by atoms with Crippen LogP contribution in [0, 0.1) is 0 Å². The summed E-state index contributed by atoms with van der Waals surface area (Å²) in [5, 5.41) is 0. The zero-order valence-corrected chi connectivity index (χ0v) is 35.5. The molecule has 308 valence electrons. The van der Waals surface area contributed by atoms with Gasteiger partial charge in [-0.15, -0.1) is 0 Å². The van der Waals surface area contributed by atoms with Gasteiger partial charge in [-0.1, -0.05) is 154 Å². The predicted molar refractivity (Wildman–Crippen MR) is 215 cm³/mol. The van der Waals surface area contributed by atoms with E-state index in [0.29, 0.717) is 23.9 Å². The van der Waals surface area contributed by atoms with Gasteiger partial charge in [-0.25, -0.2) is 4.57 Å². The average molecular weight is 761 g/mol. The molecule has 0 aliphatic rings. The van der Waals surface area contributed by atoms with Gasteiger partial charge in [0.2, 0.25) is 0 Å². The summed E-state index contributed by atoms with van der Waals surface area (Å²) >= 11 is 0. The topological polar surface area (TPSA) is 108 Å². The van der Waals surface area contributed by atoms with Gasteiger partial charge in [-0.05, 0) is 38.5 Å². The molecule has 0 spiro atoms. The lowest BCUT2D eigenvalue weighted by Crippen LogP contribution is -2.37. The van der Waals surface area contributed by atoms with Crippen LogP contribution in [0.1, 0.15) is 194 Å². The minimum absolute atomic E-state index is 0.0331. The van der Waals surface area contributed by atoms with Crippen molar-refractivity contribution in [3.8, 4) is 0 Å². The molecule has 0 fully saturated rings. The van der Waals surface area contributed by atoms with Crippen LogP contribution in [0.3, 0.4) is 0 Å². The number of phosphoric acid groups is 1. The number of hydrogen-bond acceptors (Lipinski definition) is 7. The van der Waals surface area contributed by atoms with E-state index >= 15 is 0 Å². The minimum Gasteiger partial charge on any atom is -0.462 e. The quantitative estimate of drug-likeness (QED) is 0.0217. The second kappa shape index (κ2) is 35.5. The molecule has 0 aromatic heterocycles. The molecule has 0 aromatic carbocycles. The van der Waals surface area contributed by atoms with Gasteiger partial charge < -0.3 is 18.9 Å². The van der Waals surface area contributed by atoms with E-state index in [9.17, 15) is 19.0 Å². The van der Waals surface area contributed by atoms with Gasteiger partial charge in [-0.3, -0.25) is 18.6 Å². The van der Waals surface area contributed by atoms with Crippen LogP contribution < -0.4 is 0 Å². The molecular weight excluding hydrogens is 677 g/mol. The van der Waals surface area contributed by atoms with E-state index < -0.39 is 26.5 Å². The lowest BCUT2D eigenvalue weighted by molar-refractivity contribution is -0.870. The minimum atomic E-state index is -4.37. The van der Waals surface area contributed by atoms with E-state index in [1.54, 1.807) is 0 Å². The largest absolute Gasteiger partial charge is 0.472 e. The van der Waals surface area contributed by atoms with Crippen molar-refractivity contribution in [2.75, 3.05) is 47.5 Å². The first kappa shape index (κ1) is 50.8. The maximum absolute atomic E-state index is 12.7. The lowest BCUT2D eigenvalue weighted by Gasteiger charge is -2.24. The Morgan fingerprint density at radius 1 is 0.577 bits per heavy atom. The van der Waals surface area contributed by atoms with Gasteiger partial charge in [0.05, 0.1) is 27.7 Å². The Labute approximate surface area is 320 Å². The summed E-state index contributed by atoms with van der Waals surface area (Å²) in [6.07, 6.45) is 35.3. The SMILES string of the molecule is CCCCCCCCC=CCCCCCCCC(=O)O[C@@H](COC(=O)CCCCCCCCCCCCCCC)COP(=O)(O)OCC[N+](C)(C)C. The summed E-state index contributed by atoms with van der Waals surface area (Å²) in [5.41, 5.74) is 0. The second-order valence-corrected chi connectivity index (χ2v) is 17.2. The summed E-state index contributed by atoms with van der Waals surface area (Å²) in [7, 11) is 1.48. The maximum atomic E-state index is 12.7. The molecule has 0 aromatic rings. The third-order valence-corrected chi connectivity index (χ3v) is 10.3. The molecule has 2 atom stereocenters. The number of esters is 2. The van der Waals surface area contributed by atoms with Gasteiger partial charge in [-0.2, -0.15) is 0 Å². The molecular formula is C42H83NO8P+. The molecule has 0 aliphatic heterocycles. The maximum Gasteiger partial charge on any atom is 0.472 e. The van der Waals surface area contributed by atoms with Gasteiger partial charge >= 0.3 is 19.8 Å². The summed E-state index contributed by atoms with van der Waals surface area (Å²) in [6.45, 7) is 4.42. The normalized spacial score (nSPS) is 13.7. The highest BCUT2D eigenvalue weighted by molar-refractivity contribution is 7.47. The van der Waals surface area contributed by atoms with Crippen LogP contribution in [0.2, 0.25) is 0 Å². The van der Waals surface area contributed by atoms with Crippen LogP contribution in [-0.2, 0) is 32.7 Å². The molecule has 0 aliphatic carbocycles. The highest BCUT2D eigenvalue weighted by Crippen LogP contribution is 2.43. The Morgan fingerprint density at radius 2 is 0.981 bits per heavy atom. The second-order valence-electron chi connectivity index (χ2n) is 15.7. The van der Waals surface area contributed by atoms with Gasteiger partial charge in [0, 0.05) is 12.8 Å². The van der Waals surface area contributed by atoms with Crippen molar-refractivity contribution in [3.63, 3.8) is 0 Å². The highest BCUT2D eigenvalue weighted by atomic mass is 31.2. The molecule has 0 rings (SSSR count). The van der Waals surface area contributed by atoms with E-state index in [1.165, 1.54) is 109 Å². The summed E-state index contributed by atoms with van der Waals surface area (Å²) in [5.74, 6) is -0.801. The molecule has 0 radical (unpaired) electrons. The number of carbonyl (C=O) groups is 2. The zero-order chi connectivity index (χ0) is 38.6. The van der Waals surface area contributed by atoms with Crippen molar-refractivity contribution in [1.29, 1.82) is 0 Å². The molecule has 10 heteroatoms. The third kappa shape index (κ3) is 38.5. The Hall–Kier alpha value is -1.25. The lowest BCUT2D eigenvalue weighted by atomic mass is 10.0. The first-order valence-corrected chi connectivity index (χ1v) is 22.9. The number of likely N-dealkylation sites (N-methyl/N-ethyl adjacent to an activating group) is 1. The van der Waals surface area contributed by atoms with Crippen molar-refractivity contribution < 1.29 is 42.1 Å². The third-order valence-electron chi connectivity index (χ3n) is 9.30. The Morgan fingerprint density at radius 3 is 1.42 bits per heavy atom. The van der Waals surface area contributed by atoms with Crippen LogP contribution >= 0.6 is 7.82 Å². The number of hydrogen-bond donors (Lipinski definition) is 1. The van der Waals surface area contributed by atoms with Gasteiger partial charge in [0.15, 0.2) is 6.10 Å². The Balaban J connectivity index is 4.37. The number of allylic oxidation sites excluding steroid dienone is 2. The number of phosphoric ester groups is 1. The number of quaternary nitrogens is 1. The van der Waals surface area contributed by atoms with Crippen LogP contribution in [0.15, 0.2) is 12.2 Å². The molecule has 1 N–H and O–H groups in total. The molecule has 0 saturated carbocycles. The van der Waals surface area contributed by atoms with E-state index in [1.807, 2.05) is 21.1 Å². The monoisotopic (exact) mass is 761 g/mol. The molecule has 0 amide bonds. The van der Waals surface area contributed by atoms with Gasteiger partial charge in [0.25, 0.3) is 0 Å². The smallest absolute Gasteiger partial charge is 0.462 e. The molecule has 1 unspecified atom stereocenters. The molecule has 52 heavy (non-hydrogen) atoms. The number of nitrogens with zero attached hydrogens (tertiary/aromatic N) is 1. The van der Waals surface area contributed by atoms with Crippen LogP contribution in [0.4, 0.5) is 0 Å². The number of unbranched alkanes of at least 4 members (excludes halogenated alkanes) is 23. The number of rotatable bonds is 39. The number of ether oxygens (including phenoxy) is 2. The van der Waals surface area contributed by atoms with E-state index in [0.717, 1.165) is 51.4 Å². The van der Waals surface area contributed by atoms with Gasteiger partial charge in [0.1, 0.15) is 19.8 Å². The summed E-state index contributed by atoms with van der Waals surface area (Å²) in [6, 6.07) is 0. The predicted octanol–water partition coefficient (Wildman–Crippen LogP) is 11.8. The fraction of sp³-hybridized carbons (Fsp3) is 0.905. The van der Waals surface area contributed by atoms with E-state index in [2.05, 4.69) is 26.0 Å². The molecule has 9 nitrogen and oxygen atoms in total. The van der Waals surface area contributed by atoms with Crippen LogP contribution in [-0.4, -0.2) is 74.9 Å². The van der Waals surface area contributed by atoms with E-state index in [-0.39, 0.29) is 25.6 Å². The molecule has 0 heterocycles. The first-order chi connectivity index (χ1) is 25.0. The summed E-state index contributed by atoms with van der Waals surface area (Å²) < 4.78 is 34.3. The number of carbonyl (C=O) groups excluding carboxylic acids is 2.